The first-order chi connectivity index (χ1) is 9.66. The van der Waals surface area contributed by atoms with Crippen LogP contribution in [0, 0.1) is 0 Å². The predicted molar refractivity (Wildman–Crippen MR) is 80.6 cm³/mol. The van der Waals surface area contributed by atoms with E-state index in [-0.39, 0.29) is 5.97 Å². The number of benzene rings is 1. The average Bonchev–Trinajstić information content (AvgIpc) is 2.42. The number of ether oxygens (including phenoxy) is 2. The first-order valence-electron chi connectivity index (χ1n) is 6.88. The highest BCUT2D eigenvalue weighted by molar-refractivity contribution is 8.00. The van der Waals surface area contributed by atoms with Crippen molar-refractivity contribution in [1.82, 2.24) is 0 Å². The van der Waals surface area contributed by atoms with Crippen molar-refractivity contribution in [2.75, 3.05) is 25.6 Å². The Balaban J connectivity index is 2.04. The predicted octanol–water partition coefficient (Wildman–Crippen LogP) is 1.93. The van der Waals surface area contributed by atoms with Gasteiger partial charge < -0.3 is 15.2 Å². The molecule has 0 bridgehead atoms. The van der Waals surface area contributed by atoms with Crippen LogP contribution in [0.2, 0.25) is 0 Å². The molecule has 1 aromatic carbocycles. The van der Waals surface area contributed by atoms with Crippen LogP contribution in [0.1, 0.15) is 18.9 Å². The first kappa shape index (κ1) is 15.4. The highest BCUT2D eigenvalue weighted by atomic mass is 32.2. The Morgan fingerprint density at radius 3 is 2.70 bits per heavy atom. The van der Waals surface area contributed by atoms with Crippen molar-refractivity contribution in [2.24, 2.45) is 5.73 Å². The summed E-state index contributed by atoms with van der Waals surface area (Å²) in [5, 5.41) is 0.539. The molecule has 0 spiro atoms. The van der Waals surface area contributed by atoms with Gasteiger partial charge in [-0.25, -0.2) is 4.79 Å². The lowest BCUT2D eigenvalue weighted by molar-refractivity contribution is -0.150. The van der Waals surface area contributed by atoms with Crippen molar-refractivity contribution >= 4 is 17.7 Å². The van der Waals surface area contributed by atoms with Crippen LogP contribution >= 0.6 is 11.8 Å². The lowest BCUT2D eigenvalue weighted by Crippen LogP contribution is -2.47. The molecule has 0 amide bonds. The standard InChI is InChI=1S/C15H21NO3S/c1-2-19-14(17)15(16,12-6-4-3-5-7-12)8-9-20-13-10-18-11-13/h3-7,13H,2,8-11,16H2,1H3. The van der Waals surface area contributed by atoms with Crippen molar-refractivity contribution in [3.63, 3.8) is 0 Å². The van der Waals surface area contributed by atoms with Crippen LogP contribution in [-0.2, 0) is 19.8 Å². The fourth-order valence-electron chi connectivity index (χ4n) is 2.06. The zero-order valence-electron chi connectivity index (χ0n) is 11.7. The summed E-state index contributed by atoms with van der Waals surface area (Å²) >= 11 is 1.81. The summed E-state index contributed by atoms with van der Waals surface area (Å²) in [6, 6.07) is 9.46. The maximum absolute atomic E-state index is 12.2. The summed E-state index contributed by atoms with van der Waals surface area (Å²) < 4.78 is 10.3. The molecule has 5 heteroatoms. The summed E-state index contributed by atoms with van der Waals surface area (Å²) in [5.41, 5.74) is 6.12. The Morgan fingerprint density at radius 2 is 2.15 bits per heavy atom. The van der Waals surface area contributed by atoms with Gasteiger partial charge in [0.15, 0.2) is 0 Å². The molecule has 2 N–H and O–H groups in total. The zero-order chi connectivity index (χ0) is 14.4. The molecule has 4 nitrogen and oxygen atoms in total. The Morgan fingerprint density at radius 1 is 1.45 bits per heavy atom. The molecule has 2 rings (SSSR count). The summed E-state index contributed by atoms with van der Waals surface area (Å²) in [4.78, 5) is 12.2. The molecule has 1 saturated heterocycles. The van der Waals surface area contributed by atoms with Crippen LogP contribution in [0.4, 0.5) is 0 Å². The van der Waals surface area contributed by atoms with Crippen LogP contribution in [0.25, 0.3) is 0 Å². The number of thioether (sulfide) groups is 1. The SMILES string of the molecule is CCOC(=O)C(N)(CCSC1COC1)c1ccccc1. The Bertz CT molecular complexity index is 436. The van der Waals surface area contributed by atoms with E-state index in [9.17, 15) is 4.79 Å². The third-order valence-corrected chi connectivity index (χ3v) is 4.57. The molecule has 0 radical (unpaired) electrons. The summed E-state index contributed by atoms with van der Waals surface area (Å²) in [6.45, 7) is 3.73. The minimum absolute atomic E-state index is 0.341. The Labute approximate surface area is 124 Å². The van der Waals surface area contributed by atoms with Crippen molar-refractivity contribution in [3.05, 3.63) is 35.9 Å². The highest BCUT2D eigenvalue weighted by Crippen LogP contribution is 2.28. The molecule has 1 aliphatic rings. The van der Waals surface area contributed by atoms with E-state index < -0.39 is 5.54 Å². The molecular formula is C15H21NO3S. The molecule has 1 unspecified atom stereocenters. The van der Waals surface area contributed by atoms with Gasteiger partial charge in [-0.2, -0.15) is 11.8 Å². The smallest absolute Gasteiger partial charge is 0.330 e. The lowest BCUT2D eigenvalue weighted by Gasteiger charge is -2.30. The number of nitrogens with two attached hydrogens (primary N) is 1. The molecule has 20 heavy (non-hydrogen) atoms. The number of hydrogen-bond donors (Lipinski definition) is 1. The van der Waals surface area contributed by atoms with Crippen LogP contribution in [0.15, 0.2) is 30.3 Å². The molecule has 1 aromatic rings. The third-order valence-electron chi connectivity index (χ3n) is 3.39. The van der Waals surface area contributed by atoms with Gasteiger partial charge in [0.2, 0.25) is 0 Å². The van der Waals surface area contributed by atoms with E-state index in [0.717, 1.165) is 24.5 Å². The second-order valence-electron chi connectivity index (χ2n) is 4.84. The van der Waals surface area contributed by atoms with E-state index in [4.69, 9.17) is 15.2 Å². The quantitative estimate of drug-likeness (QED) is 0.779. The molecular weight excluding hydrogens is 274 g/mol. The maximum Gasteiger partial charge on any atom is 0.330 e. The van der Waals surface area contributed by atoms with Crippen LogP contribution in [0.3, 0.4) is 0 Å². The van der Waals surface area contributed by atoms with Gasteiger partial charge in [-0.3, -0.25) is 0 Å². The van der Waals surface area contributed by atoms with Gasteiger partial charge in [-0.1, -0.05) is 30.3 Å². The summed E-state index contributed by atoms with van der Waals surface area (Å²) in [5.74, 6) is 0.467. The Kier molecular flexibility index (Phi) is 5.46. The van der Waals surface area contributed by atoms with Gasteiger partial charge >= 0.3 is 5.97 Å². The second kappa shape index (κ2) is 7.11. The molecule has 1 fully saturated rings. The molecule has 1 atom stereocenters. The largest absolute Gasteiger partial charge is 0.464 e. The minimum Gasteiger partial charge on any atom is -0.464 e. The average molecular weight is 295 g/mol. The van der Waals surface area contributed by atoms with E-state index in [1.165, 1.54) is 0 Å². The van der Waals surface area contributed by atoms with Gasteiger partial charge in [0.05, 0.1) is 25.1 Å². The first-order valence-corrected chi connectivity index (χ1v) is 7.92. The topological polar surface area (TPSA) is 61.5 Å². The molecule has 110 valence electrons. The van der Waals surface area contributed by atoms with Crippen LogP contribution < -0.4 is 5.73 Å². The molecule has 0 aliphatic carbocycles. The van der Waals surface area contributed by atoms with Crippen LogP contribution in [-0.4, -0.2) is 36.8 Å². The van der Waals surface area contributed by atoms with E-state index in [1.807, 2.05) is 42.1 Å². The number of hydrogen-bond acceptors (Lipinski definition) is 5. The van der Waals surface area contributed by atoms with E-state index in [0.29, 0.717) is 18.3 Å². The van der Waals surface area contributed by atoms with E-state index in [1.54, 1.807) is 6.92 Å². The van der Waals surface area contributed by atoms with Crippen molar-refractivity contribution in [3.8, 4) is 0 Å². The van der Waals surface area contributed by atoms with E-state index in [2.05, 4.69) is 0 Å². The van der Waals surface area contributed by atoms with Gasteiger partial charge in [0.25, 0.3) is 0 Å². The molecule has 1 aliphatic heterocycles. The Hall–Kier alpha value is -1.04. The molecule has 0 aromatic heterocycles. The second-order valence-corrected chi connectivity index (χ2v) is 6.25. The summed E-state index contributed by atoms with van der Waals surface area (Å²) in [6.07, 6.45) is 0.566. The van der Waals surface area contributed by atoms with Crippen molar-refractivity contribution in [2.45, 2.75) is 24.1 Å². The number of carbonyl (C=O) groups excluding carboxylic acids is 1. The monoisotopic (exact) mass is 295 g/mol. The van der Waals surface area contributed by atoms with Gasteiger partial charge in [-0.15, -0.1) is 0 Å². The third kappa shape index (κ3) is 3.53. The number of esters is 1. The normalized spacial score (nSPS) is 18.1. The van der Waals surface area contributed by atoms with Gasteiger partial charge in [0, 0.05) is 0 Å². The highest BCUT2D eigenvalue weighted by Gasteiger charge is 2.37. The molecule has 1 heterocycles. The van der Waals surface area contributed by atoms with Crippen LogP contribution in [0.5, 0.6) is 0 Å². The van der Waals surface area contributed by atoms with Gasteiger partial charge in [0.1, 0.15) is 5.54 Å². The van der Waals surface area contributed by atoms with Crippen molar-refractivity contribution < 1.29 is 14.3 Å². The minimum atomic E-state index is -1.06. The fraction of sp³-hybridized carbons (Fsp3) is 0.533. The number of rotatable bonds is 7. The zero-order valence-corrected chi connectivity index (χ0v) is 12.5. The fourth-order valence-corrected chi connectivity index (χ4v) is 3.21. The molecule has 0 saturated carbocycles. The maximum atomic E-state index is 12.2. The van der Waals surface area contributed by atoms with Gasteiger partial charge in [-0.05, 0) is 24.7 Å². The number of carbonyl (C=O) groups is 1. The lowest BCUT2D eigenvalue weighted by atomic mass is 9.88. The summed E-state index contributed by atoms with van der Waals surface area (Å²) in [7, 11) is 0. The van der Waals surface area contributed by atoms with E-state index >= 15 is 0 Å². The van der Waals surface area contributed by atoms with Crippen molar-refractivity contribution in [1.29, 1.82) is 0 Å².